The van der Waals surface area contributed by atoms with E-state index in [2.05, 4.69) is 49.7 Å². The number of hydrogen-bond donors (Lipinski definition) is 1. The number of para-hydroxylation sites is 3. The summed E-state index contributed by atoms with van der Waals surface area (Å²) < 4.78 is 2.23. The molecule has 2 aromatic carbocycles. The van der Waals surface area contributed by atoms with E-state index in [9.17, 15) is 4.79 Å². The molecule has 5 heteroatoms. The third-order valence-corrected chi connectivity index (χ3v) is 5.67. The molecule has 0 atom stereocenters. The number of imidazole rings is 1. The molecule has 1 amide bonds. The summed E-state index contributed by atoms with van der Waals surface area (Å²) >= 11 is 1.50. The fourth-order valence-corrected chi connectivity index (χ4v) is 4.18. The van der Waals surface area contributed by atoms with E-state index in [4.69, 9.17) is 4.98 Å². The number of carbonyl (C=O) groups excluding carboxylic acids is 1. The molecule has 1 aromatic heterocycles. The van der Waals surface area contributed by atoms with Gasteiger partial charge < -0.3 is 9.88 Å². The topological polar surface area (TPSA) is 46.9 Å². The van der Waals surface area contributed by atoms with Gasteiger partial charge in [-0.1, -0.05) is 69.8 Å². The number of amides is 1. The predicted molar refractivity (Wildman–Crippen MR) is 119 cm³/mol. The number of hydrogen-bond acceptors (Lipinski definition) is 3. The number of thioether (sulfide) groups is 1. The summed E-state index contributed by atoms with van der Waals surface area (Å²) in [5.41, 5.74) is 5.31. The van der Waals surface area contributed by atoms with E-state index in [1.807, 2.05) is 37.3 Å². The lowest BCUT2D eigenvalue weighted by atomic mass is 9.98. The normalized spacial score (nSPS) is 11.5. The Morgan fingerprint density at radius 3 is 2.57 bits per heavy atom. The smallest absolute Gasteiger partial charge is 0.234 e. The van der Waals surface area contributed by atoms with Crippen molar-refractivity contribution >= 4 is 34.4 Å². The zero-order valence-electron chi connectivity index (χ0n) is 17.3. The summed E-state index contributed by atoms with van der Waals surface area (Å²) in [4.78, 5) is 17.4. The number of benzene rings is 2. The second-order valence-electron chi connectivity index (χ2n) is 7.92. The van der Waals surface area contributed by atoms with E-state index in [0.29, 0.717) is 17.6 Å². The molecule has 0 bridgehead atoms. The van der Waals surface area contributed by atoms with Crippen molar-refractivity contribution in [2.24, 2.45) is 5.92 Å². The molecule has 1 N–H and O–H groups in total. The van der Waals surface area contributed by atoms with Gasteiger partial charge in [0.2, 0.25) is 5.91 Å². The van der Waals surface area contributed by atoms with Gasteiger partial charge >= 0.3 is 0 Å². The fourth-order valence-electron chi connectivity index (χ4n) is 3.35. The number of fused-ring (bicyclic) bond motifs is 1. The maximum atomic E-state index is 12.7. The third-order valence-electron chi connectivity index (χ3n) is 4.69. The van der Waals surface area contributed by atoms with Gasteiger partial charge in [-0.15, -0.1) is 0 Å². The SMILES string of the molecule is Cc1cccc(C(C)C)c1NC(=O)CSc1nc2ccccc2n1CC(C)C. The van der Waals surface area contributed by atoms with Crippen LogP contribution in [0, 0.1) is 12.8 Å². The van der Waals surface area contributed by atoms with Crippen molar-refractivity contribution in [3.8, 4) is 0 Å². The van der Waals surface area contributed by atoms with E-state index >= 15 is 0 Å². The van der Waals surface area contributed by atoms with Crippen LogP contribution in [0.3, 0.4) is 0 Å². The molecule has 0 unspecified atom stereocenters. The third kappa shape index (κ3) is 4.58. The van der Waals surface area contributed by atoms with Crippen molar-refractivity contribution in [2.45, 2.75) is 52.2 Å². The Kier molecular flexibility index (Phi) is 6.45. The van der Waals surface area contributed by atoms with Crippen LogP contribution in [0.25, 0.3) is 11.0 Å². The Labute approximate surface area is 171 Å². The van der Waals surface area contributed by atoms with Crippen LogP contribution in [0.1, 0.15) is 44.7 Å². The molecular weight excluding hydrogens is 366 g/mol. The van der Waals surface area contributed by atoms with Gasteiger partial charge in [0.15, 0.2) is 5.16 Å². The van der Waals surface area contributed by atoms with Crippen LogP contribution in [0.4, 0.5) is 5.69 Å². The molecule has 0 saturated heterocycles. The second kappa shape index (κ2) is 8.82. The minimum Gasteiger partial charge on any atom is -0.325 e. The highest BCUT2D eigenvalue weighted by Crippen LogP contribution is 2.29. The first-order valence-corrected chi connectivity index (χ1v) is 10.8. The van der Waals surface area contributed by atoms with E-state index in [0.717, 1.165) is 34.0 Å². The zero-order valence-corrected chi connectivity index (χ0v) is 18.1. The van der Waals surface area contributed by atoms with Gasteiger partial charge in [0.05, 0.1) is 16.8 Å². The molecule has 0 aliphatic heterocycles. The molecule has 0 spiro atoms. The van der Waals surface area contributed by atoms with Crippen LogP contribution in [0.15, 0.2) is 47.6 Å². The van der Waals surface area contributed by atoms with Gasteiger partial charge in [0, 0.05) is 12.2 Å². The number of aromatic nitrogens is 2. The maximum absolute atomic E-state index is 12.7. The van der Waals surface area contributed by atoms with Crippen molar-refractivity contribution in [3.63, 3.8) is 0 Å². The van der Waals surface area contributed by atoms with Crippen LogP contribution >= 0.6 is 11.8 Å². The number of nitrogens with one attached hydrogen (secondary N) is 1. The van der Waals surface area contributed by atoms with Crippen molar-refractivity contribution < 1.29 is 4.79 Å². The molecular formula is C23H29N3OS. The summed E-state index contributed by atoms with van der Waals surface area (Å²) in [5, 5.41) is 4.03. The zero-order chi connectivity index (χ0) is 20.3. The van der Waals surface area contributed by atoms with Crippen LogP contribution < -0.4 is 5.32 Å². The van der Waals surface area contributed by atoms with Crippen molar-refractivity contribution in [1.29, 1.82) is 0 Å². The number of anilines is 1. The molecule has 0 aliphatic carbocycles. The quantitative estimate of drug-likeness (QED) is 0.510. The minimum absolute atomic E-state index is 0.00403. The molecule has 4 nitrogen and oxygen atoms in total. The lowest BCUT2D eigenvalue weighted by Crippen LogP contribution is -2.17. The lowest BCUT2D eigenvalue weighted by molar-refractivity contribution is -0.113. The average molecular weight is 396 g/mol. The van der Waals surface area contributed by atoms with E-state index < -0.39 is 0 Å². The Hall–Kier alpha value is -2.27. The Morgan fingerprint density at radius 1 is 1.11 bits per heavy atom. The number of aryl methyl sites for hydroxylation is 1. The molecule has 0 saturated carbocycles. The molecule has 148 valence electrons. The summed E-state index contributed by atoms with van der Waals surface area (Å²) in [6, 6.07) is 14.3. The highest BCUT2D eigenvalue weighted by molar-refractivity contribution is 7.99. The molecule has 28 heavy (non-hydrogen) atoms. The molecule has 3 rings (SSSR count). The van der Waals surface area contributed by atoms with E-state index in [1.54, 1.807) is 0 Å². The maximum Gasteiger partial charge on any atom is 0.234 e. The van der Waals surface area contributed by atoms with Gasteiger partial charge in [-0.05, 0) is 42.0 Å². The monoisotopic (exact) mass is 395 g/mol. The van der Waals surface area contributed by atoms with E-state index in [1.165, 1.54) is 17.3 Å². The Bertz CT molecular complexity index is 975. The highest BCUT2D eigenvalue weighted by Gasteiger charge is 2.16. The summed E-state index contributed by atoms with van der Waals surface area (Å²) in [7, 11) is 0. The van der Waals surface area contributed by atoms with Gasteiger partial charge in [-0.25, -0.2) is 4.98 Å². The van der Waals surface area contributed by atoms with Gasteiger partial charge in [-0.2, -0.15) is 0 Å². The van der Waals surface area contributed by atoms with Crippen LogP contribution in [0.5, 0.6) is 0 Å². The van der Waals surface area contributed by atoms with E-state index in [-0.39, 0.29) is 5.91 Å². The van der Waals surface area contributed by atoms with Crippen molar-refractivity contribution in [1.82, 2.24) is 9.55 Å². The van der Waals surface area contributed by atoms with Gasteiger partial charge in [0.1, 0.15) is 0 Å². The van der Waals surface area contributed by atoms with Gasteiger partial charge in [-0.3, -0.25) is 4.79 Å². The molecule has 3 aromatic rings. The molecule has 0 aliphatic rings. The Morgan fingerprint density at radius 2 is 1.86 bits per heavy atom. The van der Waals surface area contributed by atoms with Crippen molar-refractivity contribution in [2.75, 3.05) is 11.1 Å². The second-order valence-corrected chi connectivity index (χ2v) is 8.86. The summed E-state index contributed by atoms with van der Waals surface area (Å²) in [6.45, 7) is 11.6. The lowest BCUT2D eigenvalue weighted by Gasteiger charge is -2.16. The summed E-state index contributed by atoms with van der Waals surface area (Å²) in [6.07, 6.45) is 0. The largest absolute Gasteiger partial charge is 0.325 e. The molecule has 0 fully saturated rings. The number of nitrogens with zero attached hydrogens (tertiary/aromatic N) is 2. The molecule has 0 radical (unpaired) electrons. The van der Waals surface area contributed by atoms with Crippen LogP contribution in [-0.4, -0.2) is 21.2 Å². The van der Waals surface area contributed by atoms with Crippen LogP contribution in [0.2, 0.25) is 0 Å². The first-order chi connectivity index (χ1) is 13.4. The number of rotatable bonds is 7. The first-order valence-electron chi connectivity index (χ1n) is 9.84. The minimum atomic E-state index is 0.00403. The number of carbonyl (C=O) groups is 1. The fraction of sp³-hybridized carbons (Fsp3) is 0.391. The molecule has 1 heterocycles. The Balaban J connectivity index is 1.77. The van der Waals surface area contributed by atoms with Gasteiger partial charge in [0.25, 0.3) is 0 Å². The predicted octanol–water partition coefficient (Wildman–Crippen LogP) is 5.85. The first kappa shape index (κ1) is 20.5. The standard InChI is InChI=1S/C23H29N3OS/c1-15(2)13-26-20-12-7-6-11-19(20)24-23(26)28-14-21(27)25-22-17(5)9-8-10-18(22)16(3)4/h6-12,15-16H,13-14H2,1-5H3,(H,25,27). The van der Waals surface area contributed by atoms with Crippen LogP contribution in [-0.2, 0) is 11.3 Å². The highest BCUT2D eigenvalue weighted by atomic mass is 32.2. The van der Waals surface area contributed by atoms with Crippen molar-refractivity contribution in [3.05, 3.63) is 53.6 Å². The average Bonchev–Trinajstić information content (AvgIpc) is 2.98. The summed E-state index contributed by atoms with van der Waals surface area (Å²) in [5.74, 6) is 1.21.